The van der Waals surface area contributed by atoms with Crippen LogP contribution in [0.5, 0.6) is 0 Å². The maximum atomic E-state index is 12.5. The third-order valence-electron chi connectivity index (χ3n) is 5.44. The largest absolute Gasteiger partial charge is 0.294 e. The van der Waals surface area contributed by atoms with Crippen LogP contribution in [-0.2, 0) is 0 Å². The van der Waals surface area contributed by atoms with Crippen molar-refractivity contribution < 1.29 is 4.79 Å². The standard InChI is InChI=1S/C15H17NO/c1-16-13-8-7-11-9-12(15(11,13)16)14(17)10-5-3-2-4-6-10/h2-6,11-13H,7-9H2,1H3. The van der Waals surface area contributed by atoms with Gasteiger partial charge in [0.05, 0.1) is 0 Å². The smallest absolute Gasteiger partial charge is 0.167 e. The lowest BCUT2D eigenvalue weighted by Crippen LogP contribution is -2.50. The summed E-state index contributed by atoms with van der Waals surface area (Å²) < 4.78 is 0. The first-order valence-corrected chi connectivity index (χ1v) is 6.58. The molecule has 2 heteroatoms. The van der Waals surface area contributed by atoms with Crippen LogP contribution in [0.4, 0.5) is 0 Å². The summed E-state index contributed by atoms with van der Waals surface area (Å²) in [6.45, 7) is 0. The molecule has 0 N–H and O–H groups in total. The first-order chi connectivity index (χ1) is 8.26. The van der Waals surface area contributed by atoms with E-state index >= 15 is 0 Å². The quantitative estimate of drug-likeness (QED) is 0.571. The molecule has 1 spiro atoms. The molecule has 3 aliphatic rings. The number of carbonyl (C=O) groups excluding carboxylic acids is 1. The normalized spacial score (nSPS) is 45.7. The lowest BCUT2D eigenvalue weighted by molar-refractivity contribution is 0.0532. The van der Waals surface area contributed by atoms with Crippen LogP contribution in [0.2, 0.25) is 0 Å². The Morgan fingerprint density at radius 3 is 2.71 bits per heavy atom. The van der Waals surface area contributed by atoms with Crippen molar-refractivity contribution >= 4 is 5.78 Å². The molecule has 1 aliphatic heterocycles. The van der Waals surface area contributed by atoms with E-state index < -0.39 is 0 Å². The van der Waals surface area contributed by atoms with Gasteiger partial charge in [-0.05, 0) is 32.2 Å². The maximum Gasteiger partial charge on any atom is 0.167 e. The van der Waals surface area contributed by atoms with Gasteiger partial charge in [-0.15, -0.1) is 0 Å². The molecule has 2 aliphatic carbocycles. The van der Waals surface area contributed by atoms with Crippen molar-refractivity contribution in [3.8, 4) is 0 Å². The fourth-order valence-electron chi connectivity index (χ4n) is 4.61. The van der Waals surface area contributed by atoms with Crippen molar-refractivity contribution in [3.05, 3.63) is 35.9 Å². The summed E-state index contributed by atoms with van der Waals surface area (Å²) in [5, 5.41) is 0. The van der Waals surface area contributed by atoms with Crippen LogP contribution in [0, 0.1) is 11.8 Å². The van der Waals surface area contributed by atoms with Gasteiger partial charge >= 0.3 is 0 Å². The minimum atomic E-state index is 0.271. The average Bonchev–Trinajstić information content (AvgIpc) is 2.85. The van der Waals surface area contributed by atoms with E-state index in [0.717, 1.165) is 17.9 Å². The molecule has 0 radical (unpaired) electrons. The fourth-order valence-corrected chi connectivity index (χ4v) is 4.61. The molecule has 0 aromatic heterocycles. The van der Waals surface area contributed by atoms with Gasteiger partial charge in [0.1, 0.15) is 0 Å². The Balaban J connectivity index is 1.64. The molecule has 88 valence electrons. The number of hydrogen-bond acceptors (Lipinski definition) is 2. The molecule has 1 aromatic rings. The van der Waals surface area contributed by atoms with Crippen LogP contribution < -0.4 is 0 Å². The SMILES string of the molecule is CN1C2CCC3CC(C(=O)c4ccccc4)C321. The Bertz CT molecular complexity index is 479. The molecule has 5 unspecified atom stereocenters. The first kappa shape index (κ1) is 9.84. The number of ketones is 1. The molecule has 5 atom stereocenters. The van der Waals surface area contributed by atoms with E-state index in [4.69, 9.17) is 0 Å². The second-order valence-electron chi connectivity index (χ2n) is 5.81. The second kappa shape index (κ2) is 2.99. The minimum absolute atomic E-state index is 0.271. The molecule has 4 rings (SSSR count). The van der Waals surface area contributed by atoms with Crippen molar-refractivity contribution in [1.82, 2.24) is 4.90 Å². The lowest BCUT2D eigenvalue weighted by Gasteiger charge is -2.43. The fraction of sp³-hybridized carbons (Fsp3) is 0.533. The Hall–Kier alpha value is -1.15. The Kier molecular flexibility index (Phi) is 1.73. The highest BCUT2D eigenvalue weighted by Crippen LogP contribution is 2.69. The number of carbonyl (C=O) groups is 1. The summed E-state index contributed by atoms with van der Waals surface area (Å²) in [5.74, 6) is 1.45. The third-order valence-corrected chi connectivity index (χ3v) is 5.44. The van der Waals surface area contributed by atoms with E-state index in [2.05, 4.69) is 11.9 Å². The number of rotatable bonds is 2. The molecule has 0 bridgehead atoms. The highest BCUT2D eigenvalue weighted by molar-refractivity contribution is 6.00. The molecular formula is C15H17NO. The first-order valence-electron chi connectivity index (χ1n) is 6.58. The van der Waals surface area contributed by atoms with E-state index in [1.54, 1.807) is 0 Å². The highest BCUT2D eigenvalue weighted by atomic mass is 16.1. The van der Waals surface area contributed by atoms with Crippen LogP contribution in [0.3, 0.4) is 0 Å². The van der Waals surface area contributed by atoms with Crippen molar-refractivity contribution in [2.75, 3.05) is 7.05 Å². The van der Waals surface area contributed by atoms with E-state index in [1.165, 1.54) is 12.8 Å². The van der Waals surface area contributed by atoms with E-state index in [9.17, 15) is 4.79 Å². The number of benzene rings is 1. The van der Waals surface area contributed by atoms with E-state index in [1.807, 2.05) is 30.3 Å². The van der Waals surface area contributed by atoms with Crippen molar-refractivity contribution in [2.24, 2.45) is 11.8 Å². The molecule has 1 aromatic carbocycles. The highest BCUT2D eigenvalue weighted by Gasteiger charge is 2.78. The number of likely N-dealkylation sites (N-methyl/N-ethyl adjacent to an activating group) is 1. The predicted octanol–water partition coefficient (Wildman–Crippen LogP) is 2.35. The molecule has 1 saturated heterocycles. The van der Waals surface area contributed by atoms with Gasteiger partial charge in [-0.25, -0.2) is 0 Å². The van der Waals surface area contributed by atoms with Crippen LogP contribution in [0.15, 0.2) is 30.3 Å². The minimum Gasteiger partial charge on any atom is -0.294 e. The van der Waals surface area contributed by atoms with Crippen LogP contribution >= 0.6 is 0 Å². The Labute approximate surface area is 102 Å². The van der Waals surface area contributed by atoms with Gasteiger partial charge in [0.2, 0.25) is 0 Å². The zero-order valence-corrected chi connectivity index (χ0v) is 10.1. The molecule has 2 saturated carbocycles. The zero-order chi connectivity index (χ0) is 11.6. The van der Waals surface area contributed by atoms with Gasteiger partial charge in [0.15, 0.2) is 5.78 Å². The van der Waals surface area contributed by atoms with Gasteiger partial charge in [-0.3, -0.25) is 9.69 Å². The predicted molar refractivity (Wildman–Crippen MR) is 65.9 cm³/mol. The Morgan fingerprint density at radius 2 is 2.06 bits per heavy atom. The van der Waals surface area contributed by atoms with Crippen LogP contribution in [0.25, 0.3) is 0 Å². The third kappa shape index (κ3) is 0.987. The molecule has 1 heterocycles. The summed E-state index contributed by atoms with van der Waals surface area (Å²) >= 11 is 0. The lowest BCUT2D eigenvalue weighted by atomic mass is 9.62. The number of piperidine rings is 1. The second-order valence-corrected chi connectivity index (χ2v) is 5.81. The molecule has 3 fully saturated rings. The summed E-state index contributed by atoms with van der Waals surface area (Å²) in [6.07, 6.45) is 3.77. The van der Waals surface area contributed by atoms with Gasteiger partial charge in [0, 0.05) is 23.1 Å². The zero-order valence-electron chi connectivity index (χ0n) is 10.1. The molecular weight excluding hydrogens is 210 g/mol. The molecule has 2 nitrogen and oxygen atoms in total. The Morgan fingerprint density at radius 1 is 1.29 bits per heavy atom. The number of likely N-dealkylation sites (tertiary alicyclic amines) is 1. The van der Waals surface area contributed by atoms with E-state index in [0.29, 0.717) is 11.8 Å². The van der Waals surface area contributed by atoms with Gasteiger partial charge < -0.3 is 0 Å². The maximum absolute atomic E-state index is 12.5. The monoisotopic (exact) mass is 227 g/mol. The number of nitrogens with zero attached hydrogens (tertiary/aromatic N) is 1. The van der Waals surface area contributed by atoms with Crippen molar-refractivity contribution in [3.63, 3.8) is 0 Å². The average molecular weight is 227 g/mol. The topological polar surface area (TPSA) is 20.1 Å². The van der Waals surface area contributed by atoms with Crippen LogP contribution in [-0.4, -0.2) is 29.3 Å². The summed E-state index contributed by atoms with van der Waals surface area (Å²) in [4.78, 5) is 15.0. The van der Waals surface area contributed by atoms with Crippen molar-refractivity contribution in [2.45, 2.75) is 30.8 Å². The van der Waals surface area contributed by atoms with Crippen molar-refractivity contribution in [1.29, 1.82) is 0 Å². The van der Waals surface area contributed by atoms with E-state index in [-0.39, 0.29) is 11.5 Å². The van der Waals surface area contributed by atoms with Crippen LogP contribution in [0.1, 0.15) is 29.6 Å². The van der Waals surface area contributed by atoms with Gasteiger partial charge in [-0.1, -0.05) is 30.3 Å². The molecule has 17 heavy (non-hydrogen) atoms. The summed E-state index contributed by atoms with van der Waals surface area (Å²) in [6, 6.07) is 10.5. The van der Waals surface area contributed by atoms with Gasteiger partial charge in [0.25, 0.3) is 0 Å². The summed E-state index contributed by atoms with van der Waals surface area (Å²) in [7, 11) is 2.20. The van der Waals surface area contributed by atoms with Gasteiger partial charge in [-0.2, -0.15) is 0 Å². The number of hydrogen-bond donors (Lipinski definition) is 0. The molecule has 0 amide bonds. The summed E-state index contributed by atoms with van der Waals surface area (Å²) in [5.41, 5.74) is 1.18. The number of Topliss-reactive ketones (excluding diaryl/α,β-unsaturated/α-hetero) is 1.